The van der Waals surface area contributed by atoms with Gasteiger partial charge in [-0.2, -0.15) is 0 Å². The van der Waals surface area contributed by atoms with Crippen molar-refractivity contribution in [2.75, 3.05) is 0 Å². The van der Waals surface area contributed by atoms with E-state index in [1.54, 1.807) is 0 Å². The summed E-state index contributed by atoms with van der Waals surface area (Å²) in [6.45, 7) is 0. The Bertz CT molecular complexity index is 258. The highest BCUT2D eigenvalue weighted by atomic mass is 35.5. The molecule has 0 fully saturated rings. The van der Waals surface area contributed by atoms with Crippen LogP contribution in [0.3, 0.4) is 0 Å². The molecular weight excluding hydrogens is 195 g/mol. The fourth-order valence-corrected chi connectivity index (χ4v) is 1.44. The molecule has 0 aliphatic rings. The molecule has 0 spiro atoms. The van der Waals surface area contributed by atoms with Gasteiger partial charge < -0.3 is 0 Å². The van der Waals surface area contributed by atoms with Crippen LogP contribution in [0.25, 0.3) is 0 Å². The van der Waals surface area contributed by atoms with Crippen LogP contribution in [0.4, 0.5) is 0 Å². The molecule has 1 atom stereocenters. The van der Waals surface area contributed by atoms with E-state index in [1.165, 1.54) is 0 Å². The first-order valence-corrected chi connectivity index (χ1v) is 4.39. The maximum Gasteiger partial charge on any atom is 0.223 e. The smallest absolute Gasteiger partial charge is 0.223 e. The molecule has 3 heteroatoms. The number of alkyl halides is 1. The Labute approximate surface area is 81.3 Å². The third-order valence-electron chi connectivity index (χ3n) is 1.50. The van der Waals surface area contributed by atoms with Gasteiger partial charge in [-0.15, -0.1) is 11.6 Å². The molecule has 12 heavy (non-hydrogen) atoms. The van der Waals surface area contributed by atoms with Crippen molar-refractivity contribution in [3.05, 3.63) is 35.9 Å². The minimum atomic E-state index is -0.404. The highest BCUT2D eigenvalue weighted by Crippen LogP contribution is 2.24. The Hall–Kier alpha value is -0.530. The molecule has 0 aliphatic carbocycles. The number of hydrogen-bond donors (Lipinski definition) is 0. The van der Waals surface area contributed by atoms with Crippen molar-refractivity contribution < 1.29 is 4.79 Å². The third-order valence-corrected chi connectivity index (χ3v) is 2.06. The highest BCUT2D eigenvalue weighted by Gasteiger charge is 2.10. The second-order valence-corrected chi connectivity index (χ2v) is 3.39. The zero-order chi connectivity index (χ0) is 8.97. The molecule has 0 aliphatic heterocycles. The van der Waals surface area contributed by atoms with Crippen LogP contribution in [0.1, 0.15) is 17.4 Å². The Balaban J connectivity index is 2.65. The van der Waals surface area contributed by atoms with Gasteiger partial charge in [0.2, 0.25) is 5.24 Å². The average molecular weight is 203 g/mol. The van der Waals surface area contributed by atoms with E-state index in [9.17, 15) is 4.79 Å². The zero-order valence-corrected chi connectivity index (χ0v) is 7.85. The predicted octanol–water partition coefficient (Wildman–Crippen LogP) is 3.12. The van der Waals surface area contributed by atoms with Gasteiger partial charge in [0, 0.05) is 6.42 Å². The second kappa shape index (κ2) is 4.48. The SMILES string of the molecule is O=C(Cl)C[C@H](Cl)c1ccccc1. The minimum absolute atomic E-state index is 0.174. The molecule has 0 N–H and O–H groups in total. The molecule has 64 valence electrons. The maximum atomic E-state index is 10.5. The summed E-state index contributed by atoms with van der Waals surface area (Å²) in [5.74, 6) is 0. The number of hydrogen-bond acceptors (Lipinski definition) is 1. The van der Waals surface area contributed by atoms with Crippen molar-refractivity contribution in [1.82, 2.24) is 0 Å². The van der Waals surface area contributed by atoms with Crippen LogP contribution < -0.4 is 0 Å². The molecular formula is C9H8Cl2O. The lowest BCUT2D eigenvalue weighted by molar-refractivity contribution is -0.111. The van der Waals surface area contributed by atoms with Crippen molar-refractivity contribution in [2.24, 2.45) is 0 Å². The maximum absolute atomic E-state index is 10.5. The van der Waals surface area contributed by atoms with E-state index in [4.69, 9.17) is 23.2 Å². The molecule has 1 aromatic rings. The lowest BCUT2D eigenvalue weighted by Crippen LogP contribution is -1.95. The lowest BCUT2D eigenvalue weighted by atomic mass is 10.1. The van der Waals surface area contributed by atoms with E-state index in [0.29, 0.717) is 0 Å². The Morgan fingerprint density at radius 1 is 1.33 bits per heavy atom. The molecule has 0 aromatic heterocycles. The summed E-state index contributed by atoms with van der Waals surface area (Å²) < 4.78 is 0. The van der Waals surface area contributed by atoms with Crippen LogP contribution >= 0.6 is 23.2 Å². The first kappa shape index (κ1) is 9.56. The largest absolute Gasteiger partial charge is 0.281 e. The van der Waals surface area contributed by atoms with Gasteiger partial charge in [-0.25, -0.2) is 0 Å². The topological polar surface area (TPSA) is 17.1 Å². The summed E-state index contributed by atoms with van der Waals surface area (Å²) in [4.78, 5) is 10.5. The Morgan fingerprint density at radius 2 is 1.92 bits per heavy atom. The van der Waals surface area contributed by atoms with Gasteiger partial charge in [-0.05, 0) is 17.2 Å². The van der Waals surface area contributed by atoms with Gasteiger partial charge in [0.1, 0.15) is 0 Å². The molecule has 1 nitrogen and oxygen atoms in total. The Kier molecular flexibility index (Phi) is 3.57. The minimum Gasteiger partial charge on any atom is -0.281 e. The standard InChI is InChI=1S/C9H8Cl2O/c10-8(6-9(11)12)7-4-2-1-3-5-7/h1-5,8H,6H2/t8-/m0/s1. The molecule has 1 rings (SSSR count). The summed E-state index contributed by atoms with van der Waals surface area (Å²) in [6, 6.07) is 9.40. The molecule has 1 aromatic carbocycles. The normalized spacial score (nSPS) is 12.5. The van der Waals surface area contributed by atoms with Gasteiger partial charge in [0.15, 0.2) is 0 Å². The van der Waals surface area contributed by atoms with Crippen molar-refractivity contribution in [2.45, 2.75) is 11.8 Å². The van der Waals surface area contributed by atoms with Gasteiger partial charge >= 0.3 is 0 Å². The number of benzene rings is 1. The average Bonchev–Trinajstić information content (AvgIpc) is 2.05. The first-order valence-electron chi connectivity index (χ1n) is 3.57. The number of halogens is 2. The van der Waals surface area contributed by atoms with Crippen LogP contribution in [0.5, 0.6) is 0 Å². The quantitative estimate of drug-likeness (QED) is 0.544. The van der Waals surface area contributed by atoms with Crippen molar-refractivity contribution in [3.8, 4) is 0 Å². The molecule has 0 bridgehead atoms. The summed E-state index contributed by atoms with van der Waals surface area (Å²) in [5, 5.41) is -0.713. The van der Waals surface area contributed by atoms with E-state index in [-0.39, 0.29) is 11.8 Å². The Morgan fingerprint density at radius 3 is 2.42 bits per heavy atom. The monoisotopic (exact) mass is 202 g/mol. The van der Waals surface area contributed by atoms with Crippen molar-refractivity contribution >= 4 is 28.4 Å². The summed E-state index contributed by atoms with van der Waals surface area (Å²) in [5.41, 5.74) is 0.924. The van der Waals surface area contributed by atoms with E-state index in [1.807, 2.05) is 30.3 Å². The van der Waals surface area contributed by atoms with E-state index >= 15 is 0 Å². The summed E-state index contributed by atoms with van der Waals surface area (Å²) in [7, 11) is 0. The zero-order valence-electron chi connectivity index (χ0n) is 6.34. The molecule has 0 amide bonds. The fraction of sp³-hybridized carbons (Fsp3) is 0.222. The first-order chi connectivity index (χ1) is 5.70. The van der Waals surface area contributed by atoms with E-state index in [2.05, 4.69) is 0 Å². The fourth-order valence-electron chi connectivity index (χ4n) is 0.921. The van der Waals surface area contributed by atoms with Gasteiger partial charge in [-0.1, -0.05) is 30.3 Å². The summed E-state index contributed by atoms with van der Waals surface area (Å²) in [6.07, 6.45) is 0.174. The van der Waals surface area contributed by atoms with Gasteiger partial charge in [0.25, 0.3) is 0 Å². The van der Waals surface area contributed by atoms with Crippen LogP contribution in [0.15, 0.2) is 30.3 Å². The van der Waals surface area contributed by atoms with Crippen molar-refractivity contribution in [3.63, 3.8) is 0 Å². The molecule has 0 unspecified atom stereocenters. The van der Waals surface area contributed by atoms with Crippen LogP contribution in [-0.4, -0.2) is 5.24 Å². The second-order valence-electron chi connectivity index (χ2n) is 2.44. The van der Waals surface area contributed by atoms with E-state index in [0.717, 1.165) is 5.56 Å². The van der Waals surface area contributed by atoms with Gasteiger partial charge in [0.05, 0.1) is 5.38 Å². The van der Waals surface area contributed by atoms with E-state index < -0.39 is 5.24 Å². The number of carbonyl (C=O) groups excluding carboxylic acids is 1. The molecule has 0 saturated heterocycles. The predicted molar refractivity (Wildman–Crippen MR) is 50.5 cm³/mol. The van der Waals surface area contributed by atoms with Crippen LogP contribution in [-0.2, 0) is 4.79 Å². The van der Waals surface area contributed by atoms with Gasteiger partial charge in [-0.3, -0.25) is 4.79 Å². The van der Waals surface area contributed by atoms with Crippen LogP contribution in [0, 0.1) is 0 Å². The summed E-state index contributed by atoms with van der Waals surface area (Å²) >= 11 is 11.1. The number of rotatable bonds is 3. The third kappa shape index (κ3) is 2.84. The molecule has 0 radical (unpaired) electrons. The van der Waals surface area contributed by atoms with Crippen LogP contribution in [0.2, 0.25) is 0 Å². The highest BCUT2D eigenvalue weighted by molar-refractivity contribution is 6.63. The molecule has 0 saturated carbocycles. The molecule has 0 heterocycles. The lowest BCUT2D eigenvalue weighted by Gasteiger charge is -2.05. The number of carbonyl (C=O) groups is 1. The van der Waals surface area contributed by atoms with Crippen molar-refractivity contribution in [1.29, 1.82) is 0 Å².